The number of hydrogen-bond acceptors (Lipinski definition) is 2. The molecule has 0 fully saturated rings. The molecule has 9 heavy (non-hydrogen) atoms. The van der Waals surface area contributed by atoms with E-state index in [1.807, 2.05) is 13.8 Å². The van der Waals surface area contributed by atoms with Gasteiger partial charge in [0.05, 0.1) is 0 Å². The molecule has 0 radical (unpaired) electrons. The van der Waals surface area contributed by atoms with Crippen LogP contribution in [-0.4, -0.2) is 9.97 Å². The van der Waals surface area contributed by atoms with Gasteiger partial charge >= 0.3 is 0 Å². The van der Waals surface area contributed by atoms with E-state index < -0.39 is 0 Å². The van der Waals surface area contributed by atoms with Crippen LogP contribution in [0, 0.1) is 0 Å². The zero-order chi connectivity index (χ0) is 7.11. The standard InChI is InChI=1S/C4H3ClN2.C2H6/c5-4-6-2-1-3-7-4;1-2/h1-3H;1-2H3. The van der Waals surface area contributed by atoms with Crippen molar-refractivity contribution < 1.29 is 0 Å². The molecule has 0 saturated carbocycles. The Hall–Kier alpha value is -0.630. The van der Waals surface area contributed by atoms with Crippen LogP contribution in [0.4, 0.5) is 0 Å². The molecule has 0 atom stereocenters. The molecule has 0 spiro atoms. The second-order valence-electron chi connectivity index (χ2n) is 1.02. The van der Waals surface area contributed by atoms with Gasteiger partial charge in [-0.2, -0.15) is 0 Å². The highest BCUT2D eigenvalue weighted by atomic mass is 35.5. The van der Waals surface area contributed by atoms with Crippen molar-refractivity contribution in [3.63, 3.8) is 0 Å². The van der Waals surface area contributed by atoms with E-state index in [2.05, 4.69) is 9.97 Å². The van der Waals surface area contributed by atoms with E-state index in [0.29, 0.717) is 5.28 Å². The summed E-state index contributed by atoms with van der Waals surface area (Å²) < 4.78 is 0. The van der Waals surface area contributed by atoms with E-state index >= 15 is 0 Å². The molecule has 0 N–H and O–H groups in total. The zero-order valence-corrected chi connectivity index (χ0v) is 6.26. The van der Waals surface area contributed by atoms with Gasteiger partial charge in [0.1, 0.15) is 0 Å². The third kappa shape index (κ3) is 3.91. The van der Waals surface area contributed by atoms with Gasteiger partial charge in [-0.25, -0.2) is 9.97 Å². The lowest BCUT2D eigenvalue weighted by Crippen LogP contribution is -1.73. The predicted octanol–water partition coefficient (Wildman–Crippen LogP) is 2.16. The van der Waals surface area contributed by atoms with E-state index in [0.717, 1.165) is 0 Å². The smallest absolute Gasteiger partial charge is 0.222 e. The minimum Gasteiger partial charge on any atom is -0.227 e. The molecule has 0 aromatic carbocycles. The Morgan fingerprint density at radius 3 is 1.89 bits per heavy atom. The number of hydrogen-bond donors (Lipinski definition) is 0. The third-order valence-corrected chi connectivity index (χ3v) is 0.729. The summed E-state index contributed by atoms with van der Waals surface area (Å²) in [7, 11) is 0. The first-order valence-electron chi connectivity index (χ1n) is 2.82. The normalized spacial score (nSPS) is 7.44. The maximum absolute atomic E-state index is 5.32. The highest BCUT2D eigenvalue weighted by Crippen LogP contribution is 1.92. The van der Waals surface area contributed by atoms with Crippen LogP contribution in [0.5, 0.6) is 0 Å². The predicted molar refractivity (Wildman–Crippen MR) is 38.4 cm³/mol. The van der Waals surface area contributed by atoms with Crippen molar-refractivity contribution >= 4 is 11.6 Å². The molecule has 1 aromatic rings. The minimum absolute atomic E-state index is 0.294. The molecule has 50 valence electrons. The van der Waals surface area contributed by atoms with Crippen LogP contribution in [0.15, 0.2) is 18.5 Å². The lowest BCUT2D eigenvalue weighted by atomic mass is 10.7. The first-order chi connectivity index (χ1) is 4.39. The van der Waals surface area contributed by atoms with Crippen molar-refractivity contribution in [1.29, 1.82) is 0 Å². The summed E-state index contributed by atoms with van der Waals surface area (Å²) in [5, 5.41) is 0.294. The maximum atomic E-state index is 5.32. The quantitative estimate of drug-likeness (QED) is 0.522. The molecule has 2 nitrogen and oxygen atoms in total. The Labute approximate surface area is 59.9 Å². The zero-order valence-electron chi connectivity index (χ0n) is 5.50. The summed E-state index contributed by atoms with van der Waals surface area (Å²) in [6, 6.07) is 1.71. The second-order valence-corrected chi connectivity index (χ2v) is 1.36. The van der Waals surface area contributed by atoms with Crippen LogP contribution in [0.1, 0.15) is 13.8 Å². The molecule has 0 bridgehead atoms. The third-order valence-electron chi connectivity index (χ3n) is 0.534. The largest absolute Gasteiger partial charge is 0.227 e. The Morgan fingerprint density at radius 1 is 1.22 bits per heavy atom. The van der Waals surface area contributed by atoms with Crippen molar-refractivity contribution in [3.8, 4) is 0 Å². The molecule has 0 saturated heterocycles. The van der Waals surface area contributed by atoms with Crippen LogP contribution in [0.25, 0.3) is 0 Å². The van der Waals surface area contributed by atoms with E-state index in [1.165, 1.54) is 0 Å². The molecular weight excluding hydrogens is 136 g/mol. The molecule has 0 aliphatic rings. The van der Waals surface area contributed by atoms with Crippen LogP contribution < -0.4 is 0 Å². The minimum atomic E-state index is 0.294. The Kier molecular flexibility index (Phi) is 5.12. The van der Waals surface area contributed by atoms with Crippen molar-refractivity contribution in [1.82, 2.24) is 9.97 Å². The number of nitrogens with zero attached hydrogens (tertiary/aromatic N) is 2. The maximum Gasteiger partial charge on any atom is 0.222 e. The van der Waals surface area contributed by atoms with Gasteiger partial charge in [-0.15, -0.1) is 0 Å². The van der Waals surface area contributed by atoms with Crippen molar-refractivity contribution in [2.24, 2.45) is 0 Å². The van der Waals surface area contributed by atoms with Gasteiger partial charge in [0.25, 0.3) is 0 Å². The molecule has 3 heteroatoms. The molecule has 0 aliphatic heterocycles. The van der Waals surface area contributed by atoms with Crippen LogP contribution in [-0.2, 0) is 0 Å². The average Bonchev–Trinajstić information content (AvgIpc) is 1.94. The van der Waals surface area contributed by atoms with Gasteiger partial charge in [0.15, 0.2) is 0 Å². The Bertz CT molecular complexity index is 141. The van der Waals surface area contributed by atoms with Crippen molar-refractivity contribution in [3.05, 3.63) is 23.7 Å². The molecule has 1 rings (SSSR count). The van der Waals surface area contributed by atoms with Crippen LogP contribution in [0.3, 0.4) is 0 Å². The summed E-state index contributed by atoms with van der Waals surface area (Å²) in [5.74, 6) is 0. The summed E-state index contributed by atoms with van der Waals surface area (Å²) in [4.78, 5) is 7.27. The first kappa shape index (κ1) is 8.37. The second kappa shape index (κ2) is 5.51. The van der Waals surface area contributed by atoms with Gasteiger partial charge in [-0.05, 0) is 17.7 Å². The van der Waals surface area contributed by atoms with E-state index in [4.69, 9.17) is 11.6 Å². The van der Waals surface area contributed by atoms with Crippen molar-refractivity contribution in [2.45, 2.75) is 13.8 Å². The van der Waals surface area contributed by atoms with Gasteiger partial charge in [-0.3, -0.25) is 0 Å². The van der Waals surface area contributed by atoms with Crippen molar-refractivity contribution in [2.75, 3.05) is 0 Å². The van der Waals surface area contributed by atoms with E-state index in [-0.39, 0.29) is 0 Å². The summed E-state index contributed by atoms with van der Waals surface area (Å²) in [5.41, 5.74) is 0. The fraction of sp³-hybridized carbons (Fsp3) is 0.333. The Morgan fingerprint density at radius 2 is 1.67 bits per heavy atom. The van der Waals surface area contributed by atoms with Gasteiger partial charge in [0, 0.05) is 12.4 Å². The molecular formula is C6H9ClN2. The van der Waals surface area contributed by atoms with Gasteiger partial charge in [-0.1, -0.05) is 13.8 Å². The monoisotopic (exact) mass is 144 g/mol. The van der Waals surface area contributed by atoms with Gasteiger partial charge < -0.3 is 0 Å². The molecule has 0 aliphatic carbocycles. The summed E-state index contributed by atoms with van der Waals surface area (Å²) in [6.45, 7) is 4.00. The molecule has 0 unspecified atom stereocenters. The van der Waals surface area contributed by atoms with Gasteiger partial charge in [0.2, 0.25) is 5.28 Å². The fourth-order valence-electron chi connectivity index (χ4n) is 0.281. The molecule has 1 heterocycles. The number of rotatable bonds is 0. The topological polar surface area (TPSA) is 25.8 Å². The summed E-state index contributed by atoms with van der Waals surface area (Å²) >= 11 is 5.32. The highest BCUT2D eigenvalue weighted by molar-refractivity contribution is 6.28. The average molecular weight is 145 g/mol. The van der Waals surface area contributed by atoms with Crippen LogP contribution in [0.2, 0.25) is 5.28 Å². The van der Waals surface area contributed by atoms with E-state index in [9.17, 15) is 0 Å². The lowest BCUT2D eigenvalue weighted by molar-refractivity contribution is 1.17. The first-order valence-corrected chi connectivity index (χ1v) is 3.20. The highest BCUT2D eigenvalue weighted by Gasteiger charge is 1.78. The lowest BCUT2D eigenvalue weighted by Gasteiger charge is -1.78. The number of halogens is 1. The fourth-order valence-corrected chi connectivity index (χ4v) is 0.394. The Balaban J connectivity index is 0.000000291. The number of aromatic nitrogens is 2. The SMILES string of the molecule is CC.Clc1ncccn1. The molecule has 1 aromatic heterocycles. The van der Waals surface area contributed by atoms with Crippen LogP contribution >= 0.6 is 11.6 Å². The summed E-state index contributed by atoms with van der Waals surface area (Å²) in [6.07, 6.45) is 3.19. The molecule has 0 amide bonds. The van der Waals surface area contributed by atoms with E-state index in [1.54, 1.807) is 18.5 Å².